The Morgan fingerprint density at radius 2 is 1.71 bits per heavy atom. The lowest BCUT2D eigenvalue weighted by atomic mass is 10.2. The van der Waals surface area contributed by atoms with E-state index in [-0.39, 0.29) is 17.5 Å². The molecule has 3 N–H and O–H groups in total. The third-order valence-corrected chi connectivity index (χ3v) is 5.47. The number of benzene rings is 2. The monoisotopic (exact) mass is 403 g/mol. The van der Waals surface area contributed by atoms with E-state index in [1.165, 1.54) is 18.2 Å². The molecule has 0 saturated heterocycles. The number of nitrogens with one attached hydrogen (secondary N) is 3. The molecular weight excluding hydrogens is 382 g/mol. The highest BCUT2D eigenvalue weighted by molar-refractivity contribution is 7.89. The first kappa shape index (κ1) is 19.8. The van der Waals surface area contributed by atoms with Crippen molar-refractivity contribution in [1.29, 1.82) is 0 Å². The predicted octanol–water partition coefficient (Wildman–Crippen LogP) is 2.95. The summed E-state index contributed by atoms with van der Waals surface area (Å²) in [6.07, 6.45) is 1.07. The number of carbonyl (C=O) groups is 2. The maximum atomic E-state index is 12.5. The van der Waals surface area contributed by atoms with E-state index in [1.54, 1.807) is 37.3 Å². The van der Waals surface area contributed by atoms with Gasteiger partial charge < -0.3 is 10.1 Å². The number of anilines is 2. The van der Waals surface area contributed by atoms with Crippen molar-refractivity contribution < 1.29 is 22.7 Å². The molecule has 28 heavy (non-hydrogen) atoms. The molecule has 3 rings (SSSR count). The van der Waals surface area contributed by atoms with E-state index < -0.39 is 22.0 Å². The average molecular weight is 403 g/mol. The number of carbonyl (C=O) groups excluding carboxylic acids is 2. The molecule has 0 atom stereocenters. The van der Waals surface area contributed by atoms with Crippen molar-refractivity contribution in [2.45, 2.75) is 30.7 Å². The van der Waals surface area contributed by atoms with Crippen LogP contribution in [-0.4, -0.2) is 33.1 Å². The number of amides is 2. The Bertz CT molecular complexity index is 987. The van der Waals surface area contributed by atoms with Gasteiger partial charge >= 0.3 is 6.09 Å². The van der Waals surface area contributed by atoms with Crippen molar-refractivity contribution in [2.75, 3.05) is 17.2 Å². The zero-order valence-electron chi connectivity index (χ0n) is 15.3. The van der Waals surface area contributed by atoms with Gasteiger partial charge in [-0.15, -0.1) is 0 Å². The average Bonchev–Trinajstić information content (AvgIpc) is 3.45. The molecule has 0 aromatic heterocycles. The topological polar surface area (TPSA) is 114 Å². The molecule has 2 aromatic rings. The van der Waals surface area contributed by atoms with Crippen molar-refractivity contribution in [3.8, 4) is 0 Å². The van der Waals surface area contributed by atoms with Gasteiger partial charge in [-0.25, -0.2) is 17.9 Å². The molecule has 0 heterocycles. The maximum Gasteiger partial charge on any atom is 0.411 e. The third kappa shape index (κ3) is 5.30. The molecule has 0 radical (unpaired) electrons. The Kier molecular flexibility index (Phi) is 5.96. The molecule has 0 aliphatic heterocycles. The van der Waals surface area contributed by atoms with Gasteiger partial charge in [-0.1, -0.05) is 12.1 Å². The fraction of sp³-hybridized carbons (Fsp3) is 0.263. The molecule has 9 heteroatoms. The van der Waals surface area contributed by atoms with Crippen LogP contribution >= 0.6 is 0 Å². The van der Waals surface area contributed by atoms with Gasteiger partial charge in [-0.3, -0.25) is 10.1 Å². The number of ether oxygens (including phenoxy) is 1. The second-order valence-corrected chi connectivity index (χ2v) is 8.02. The Labute approximate surface area is 163 Å². The van der Waals surface area contributed by atoms with Crippen LogP contribution in [0, 0.1) is 0 Å². The van der Waals surface area contributed by atoms with Crippen LogP contribution in [0.5, 0.6) is 0 Å². The Hall–Kier alpha value is -2.91. The van der Waals surface area contributed by atoms with E-state index in [9.17, 15) is 18.0 Å². The molecular formula is C19H21N3O5S. The lowest BCUT2D eigenvalue weighted by molar-refractivity contribution is 0.102. The minimum atomic E-state index is -3.61. The smallest absolute Gasteiger partial charge is 0.411 e. The van der Waals surface area contributed by atoms with Gasteiger partial charge in [0.05, 0.1) is 11.5 Å². The zero-order chi connectivity index (χ0) is 20.1. The maximum absolute atomic E-state index is 12.5. The lowest BCUT2D eigenvalue weighted by Gasteiger charge is -2.10. The minimum absolute atomic E-state index is 0.00196. The summed E-state index contributed by atoms with van der Waals surface area (Å²) in [4.78, 5) is 24.1. The molecule has 0 spiro atoms. The Morgan fingerprint density at radius 1 is 1.04 bits per heavy atom. The fourth-order valence-electron chi connectivity index (χ4n) is 2.46. The van der Waals surface area contributed by atoms with Gasteiger partial charge in [0, 0.05) is 23.0 Å². The molecule has 2 aromatic carbocycles. The van der Waals surface area contributed by atoms with Crippen LogP contribution < -0.4 is 15.4 Å². The summed E-state index contributed by atoms with van der Waals surface area (Å²) in [7, 11) is -3.61. The van der Waals surface area contributed by atoms with E-state index in [0.29, 0.717) is 16.9 Å². The minimum Gasteiger partial charge on any atom is -0.450 e. The molecule has 1 aliphatic carbocycles. The van der Waals surface area contributed by atoms with E-state index >= 15 is 0 Å². The van der Waals surface area contributed by atoms with E-state index in [1.807, 2.05) is 0 Å². The number of hydrogen-bond acceptors (Lipinski definition) is 5. The molecule has 0 unspecified atom stereocenters. The van der Waals surface area contributed by atoms with Crippen LogP contribution in [0.25, 0.3) is 0 Å². The molecule has 0 bridgehead atoms. The van der Waals surface area contributed by atoms with E-state index in [4.69, 9.17) is 4.74 Å². The van der Waals surface area contributed by atoms with Crippen molar-refractivity contribution in [2.24, 2.45) is 0 Å². The van der Waals surface area contributed by atoms with Crippen LogP contribution in [0.2, 0.25) is 0 Å². The summed E-state index contributed by atoms with van der Waals surface area (Å²) in [5, 5.41) is 5.20. The first-order valence-corrected chi connectivity index (χ1v) is 10.3. The molecule has 2 amide bonds. The van der Waals surface area contributed by atoms with E-state index in [2.05, 4.69) is 15.4 Å². The molecule has 1 saturated carbocycles. The van der Waals surface area contributed by atoms with Crippen molar-refractivity contribution in [3.63, 3.8) is 0 Å². The van der Waals surface area contributed by atoms with Crippen molar-refractivity contribution in [3.05, 3.63) is 54.1 Å². The predicted molar refractivity (Wildman–Crippen MR) is 105 cm³/mol. The second-order valence-electron chi connectivity index (χ2n) is 6.30. The van der Waals surface area contributed by atoms with Gasteiger partial charge in [0.1, 0.15) is 0 Å². The Balaban J connectivity index is 1.71. The van der Waals surface area contributed by atoms with Crippen LogP contribution in [0.15, 0.2) is 53.4 Å². The Morgan fingerprint density at radius 3 is 2.39 bits per heavy atom. The third-order valence-electron chi connectivity index (χ3n) is 3.95. The largest absolute Gasteiger partial charge is 0.450 e. The zero-order valence-corrected chi connectivity index (χ0v) is 16.1. The SMILES string of the molecule is CCOC(=O)Nc1cccc(C(=O)Nc2cccc(S(=O)(=O)NC3CC3)c2)c1. The van der Waals surface area contributed by atoms with Gasteiger partial charge in [0.2, 0.25) is 10.0 Å². The van der Waals surface area contributed by atoms with Gasteiger partial charge in [0.15, 0.2) is 0 Å². The highest BCUT2D eigenvalue weighted by Crippen LogP contribution is 2.23. The normalized spacial score (nSPS) is 13.6. The quantitative estimate of drug-likeness (QED) is 0.658. The van der Waals surface area contributed by atoms with Crippen LogP contribution in [0.3, 0.4) is 0 Å². The summed E-state index contributed by atoms with van der Waals surface area (Å²) in [6.45, 7) is 1.93. The molecule has 1 fully saturated rings. The standard InChI is InChI=1S/C19H21N3O5S/c1-2-27-19(24)21-15-6-3-5-13(11-15)18(23)20-16-7-4-8-17(12-16)28(25,26)22-14-9-10-14/h3-8,11-12,14,22H,2,9-10H2,1H3,(H,20,23)(H,21,24). The summed E-state index contributed by atoms with van der Waals surface area (Å²) < 4.78 is 32.0. The summed E-state index contributed by atoms with van der Waals surface area (Å²) >= 11 is 0. The number of rotatable bonds is 7. The summed E-state index contributed by atoms with van der Waals surface area (Å²) in [5.74, 6) is -0.433. The summed E-state index contributed by atoms with van der Waals surface area (Å²) in [6, 6.07) is 12.4. The first-order chi connectivity index (χ1) is 13.4. The number of sulfonamides is 1. The first-order valence-electron chi connectivity index (χ1n) is 8.85. The fourth-order valence-corrected chi connectivity index (χ4v) is 3.81. The highest BCUT2D eigenvalue weighted by atomic mass is 32.2. The molecule has 8 nitrogen and oxygen atoms in total. The van der Waals surface area contributed by atoms with Crippen LogP contribution in [0.4, 0.5) is 16.2 Å². The van der Waals surface area contributed by atoms with Gasteiger partial charge in [0.25, 0.3) is 5.91 Å². The molecule has 1 aliphatic rings. The summed E-state index contributed by atoms with van der Waals surface area (Å²) in [5.41, 5.74) is 1.07. The van der Waals surface area contributed by atoms with Crippen molar-refractivity contribution >= 4 is 33.4 Å². The van der Waals surface area contributed by atoms with Crippen LogP contribution in [0.1, 0.15) is 30.1 Å². The van der Waals surface area contributed by atoms with E-state index in [0.717, 1.165) is 12.8 Å². The van der Waals surface area contributed by atoms with Crippen LogP contribution in [-0.2, 0) is 14.8 Å². The lowest BCUT2D eigenvalue weighted by Crippen LogP contribution is -2.25. The highest BCUT2D eigenvalue weighted by Gasteiger charge is 2.28. The second kappa shape index (κ2) is 8.41. The van der Waals surface area contributed by atoms with Crippen molar-refractivity contribution in [1.82, 2.24) is 4.72 Å². The van der Waals surface area contributed by atoms with Gasteiger partial charge in [-0.2, -0.15) is 0 Å². The van der Waals surface area contributed by atoms with Gasteiger partial charge in [-0.05, 0) is 56.2 Å². The number of hydrogen-bond donors (Lipinski definition) is 3. The molecule has 148 valence electrons.